The minimum Gasteiger partial charge on any atom is -0.317 e. The molecule has 0 radical (unpaired) electrons. The largest absolute Gasteiger partial charge is 0.317 e. The Balaban J connectivity index is 1.97. The summed E-state index contributed by atoms with van der Waals surface area (Å²) in [5.41, 5.74) is 1.92. The molecule has 3 unspecified atom stereocenters. The molecule has 1 saturated heterocycles. The van der Waals surface area contributed by atoms with E-state index in [2.05, 4.69) is 36.1 Å². The first-order valence-electron chi connectivity index (χ1n) is 6.01. The Labute approximate surface area is 102 Å². The highest BCUT2D eigenvalue weighted by Crippen LogP contribution is 2.25. The molecule has 2 heterocycles. The molecule has 0 spiro atoms. The van der Waals surface area contributed by atoms with Crippen molar-refractivity contribution in [3.63, 3.8) is 0 Å². The van der Waals surface area contributed by atoms with Crippen molar-refractivity contribution in [3.8, 4) is 0 Å². The molecule has 1 aliphatic heterocycles. The van der Waals surface area contributed by atoms with E-state index in [9.17, 15) is 0 Å². The van der Waals surface area contributed by atoms with Gasteiger partial charge in [-0.25, -0.2) is 0 Å². The number of rotatable bonds is 3. The van der Waals surface area contributed by atoms with Crippen molar-refractivity contribution in [1.29, 1.82) is 0 Å². The zero-order valence-corrected chi connectivity index (χ0v) is 11.1. The Bertz CT molecular complexity index is 312. The van der Waals surface area contributed by atoms with Gasteiger partial charge in [0.05, 0.1) is 5.51 Å². The molecule has 3 nitrogen and oxygen atoms in total. The van der Waals surface area contributed by atoms with Crippen molar-refractivity contribution in [1.82, 2.24) is 15.2 Å². The molecule has 1 aliphatic rings. The minimum absolute atomic E-state index is 0.647. The Morgan fingerprint density at radius 2 is 2.38 bits per heavy atom. The summed E-state index contributed by atoms with van der Waals surface area (Å²) in [6.45, 7) is 6.95. The molecule has 0 aliphatic carbocycles. The Morgan fingerprint density at radius 1 is 1.56 bits per heavy atom. The topological polar surface area (TPSA) is 28.2 Å². The third kappa shape index (κ3) is 2.44. The second-order valence-electron chi connectivity index (χ2n) is 4.72. The van der Waals surface area contributed by atoms with Crippen LogP contribution in [0.2, 0.25) is 0 Å². The van der Waals surface area contributed by atoms with E-state index in [4.69, 9.17) is 0 Å². The van der Waals surface area contributed by atoms with Gasteiger partial charge >= 0.3 is 0 Å². The molecular weight excluding hydrogens is 218 g/mol. The molecule has 0 saturated carbocycles. The number of nitrogens with one attached hydrogen (secondary N) is 1. The van der Waals surface area contributed by atoms with Crippen LogP contribution in [0.3, 0.4) is 0 Å². The predicted molar refractivity (Wildman–Crippen MR) is 68.6 cm³/mol. The zero-order valence-electron chi connectivity index (χ0n) is 10.3. The van der Waals surface area contributed by atoms with E-state index >= 15 is 0 Å². The maximum absolute atomic E-state index is 4.14. The Morgan fingerprint density at radius 3 is 3.00 bits per heavy atom. The van der Waals surface area contributed by atoms with Crippen LogP contribution < -0.4 is 5.32 Å². The summed E-state index contributed by atoms with van der Waals surface area (Å²) in [4.78, 5) is 8.09. The predicted octanol–water partition coefficient (Wildman–Crippen LogP) is 1.96. The molecule has 3 atom stereocenters. The van der Waals surface area contributed by atoms with Gasteiger partial charge in [0.2, 0.25) is 0 Å². The summed E-state index contributed by atoms with van der Waals surface area (Å²) in [5, 5.41) is 3.43. The third-order valence-electron chi connectivity index (χ3n) is 3.91. The normalized spacial score (nSPS) is 31.8. The average Bonchev–Trinajstić information content (AvgIpc) is 2.78. The summed E-state index contributed by atoms with van der Waals surface area (Å²) >= 11 is 1.76. The lowest BCUT2D eigenvalue weighted by Gasteiger charge is -2.42. The highest BCUT2D eigenvalue weighted by Gasteiger charge is 2.31. The number of likely N-dealkylation sites (tertiary alicyclic amines) is 1. The summed E-state index contributed by atoms with van der Waals surface area (Å²) in [6, 6.07) is 1.32. The fourth-order valence-electron chi connectivity index (χ4n) is 2.59. The lowest BCUT2D eigenvalue weighted by Crippen LogP contribution is -2.52. The smallest absolute Gasteiger partial charge is 0.0794 e. The number of hydrogen-bond donors (Lipinski definition) is 1. The van der Waals surface area contributed by atoms with Crippen molar-refractivity contribution in [2.75, 3.05) is 13.6 Å². The molecule has 1 aromatic rings. The first kappa shape index (κ1) is 12.0. The van der Waals surface area contributed by atoms with Crippen molar-refractivity contribution in [2.45, 2.75) is 38.9 Å². The quantitative estimate of drug-likeness (QED) is 0.874. The second kappa shape index (κ2) is 5.25. The van der Waals surface area contributed by atoms with Crippen LogP contribution in [0.1, 0.15) is 25.1 Å². The van der Waals surface area contributed by atoms with Crippen molar-refractivity contribution in [3.05, 3.63) is 16.6 Å². The summed E-state index contributed by atoms with van der Waals surface area (Å²) in [6.07, 6.45) is 3.24. The number of nitrogens with zero attached hydrogens (tertiary/aromatic N) is 2. The summed E-state index contributed by atoms with van der Waals surface area (Å²) < 4.78 is 0. The number of aromatic nitrogens is 1. The Kier molecular flexibility index (Phi) is 3.95. The van der Waals surface area contributed by atoms with Gasteiger partial charge in [0.1, 0.15) is 0 Å². The lowest BCUT2D eigenvalue weighted by molar-refractivity contribution is 0.0819. The average molecular weight is 239 g/mol. The van der Waals surface area contributed by atoms with E-state index in [1.165, 1.54) is 17.8 Å². The first-order valence-corrected chi connectivity index (χ1v) is 6.89. The summed E-state index contributed by atoms with van der Waals surface area (Å²) in [5.74, 6) is 0.715. The van der Waals surface area contributed by atoms with Gasteiger partial charge in [-0.05, 0) is 26.3 Å². The van der Waals surface area contributed by atoms with E-state index in [0.717, 1.165) is 6.54 Å². The van der Waals surface area contributed by atoms with Crippen LogP contribution in [0, 0.1) is 5.92 Å². The van der Waals surface area contributed by atoms with Crippen LogP contribution in [-0.4, -0.2) is 35.6 Å². The van der Waals surface area contributed by atoms with Crippen LogP contribution >= 0.6 is 11.3 Å². The van der Waals surface area contributed by atoms with E-state index < -0.39 is 0 Å². The molecule has 1 aromatic heterocycles. The monoisotopic (exact) mass is 239 g/mol. The molecule has 1 fully saturated rings. The number of piperidine rings is 1. The van der Waals surface area contributed by atoms with E-state index in [1.54, 1.807) is 11.3 Å². The van der Waals surface area contributed by atoms with E-state index in [-0.39, 0.29) is 0 Å². The van der Waals surface area contributed by atoms with Crippen LogP contribution in [0.4, 0.5) is 0 Å². The Hall–Kier alpha value is -0.450. The number of hydrogen-bond acceptors (Lipinski definition) is 4. The summed E-state index contributed by atoms with van der Waals surface area (Å²) in [7, 11) is 2.08. The maximum Gasteiger partial charge on any atom is 0.0794 e. The zero-order chi connectivity index (χ0) is 11.5. The molecule has 0 aromatic carbocycles. The van der Waals surface area contributed by atoms with Gasteiger partial charge in [-0.1, -0.05) is 6.92 Å². The van der Waals surface area contributed by atoms with Gasteiger partial charge in [0, 0.05) is 36.2 Å². The molecule has 90 valence electrons. The molecule has 16 heavy (non-hydrogen) atoms. The molecular formula is C12H21N3S. The van der Waals surface area contributed by atoms with Crippen LogP contribution in [0.25, 0.3) is 0 Å². The maximum atomic E-state index is 4.14. The van der Waals surface area contributed by atoms with Gasteiger partial charge in [-0.3, -0.25) is 9.88 Å². The SMILES string of the molecule is CNC1CCN(Cc2cncs2)C(C)C1C. The van der Waals surface area contributed by atoms with Gasteiger partial charge in [0.15, 0.2) is 0 Å². The molecule has 4 heteroatoms. The van der Waals surface area contributed by atoms with Crippen LogP contribution in [0.15, 0.2) is 11.7 Å². The molecule has 0 bridgehead atoms. The fourth-order valence-corrected chi connectivity index (χ4v) is 3.21. The second-order valence-corrected chi connectivity index (χ2v) is 5.69. The first-order chi connectivity index (χ1) is 7.72. The van der Waals surface area contributed by atoms with Crippen molar-refractivity contribution in [2.24, 2.45) is 5.92 Å². The van der Waals surface area contributed by atoms with Crippen molar-refractivity contribution < 1.29 is 0 Å². The minimum atomic E-state index is 0.647. The third-order valence-corrected chi connectivity index (χ3v) is 4.68. The van der Waals surface area contributed by atoms with Crippen LogP contribution in [-0.2, 0) is 6.54 Å². The van der Waals surface area contributed by atoms with Crippen LogP contribution in [0.5, 0.6) is 0 Å². The molecule has 1 N–H and O–H groups in total. The molecule has 0 amide bonds. The van der Waals surface area contributed by atoms with Crippen molar-refractivity contribution >= 4 is 11.3 Å². The lowest BCUT2D eigenvalue weighted by atomic mass is 9.87. The molecule has 2 rings (SSSR count). The van der Waals surface area contributed by atoms with Gasteiger partial charge in [-0.15, -0.1) is 11.3 Å². The van der Waals surface area contributed by atoms with Gasteiger partial charge in [-0.2, -0.15) is 0 Å². The highest BCUT2D eigenvalue weighted by atomic mass is 32.1. The van der Waals surface area contributed by atoms with E-state index in [1.807, 2.05) is 11.7 Å². The highest BCUT2D eigenvalue weighted by molar-refractivity contribution is 7.09. The number of thiazole rings is 1. The fraction of sp³-hybridized carbons (Fsp3) is 0.750. The standard InChI is InChI=1S/C12H21N3S/c1-9-10(2)15(5-4-12(9)13-3)7-11-6-14-8-16-11/h6,8-10,12-13H,4-5,7H2,1-3H3. The van der Waals surface area contributed by atoms with Gasteiger partial charge < -0.3 is 5.32 Å². The van der Waals surface area contributed by atoms with E-state index in [0.29, 0.717) is 18.0 Å². The van der Waals surface area contributed by atoms with Gasteiger partial charge in [0.25, 0.3) is 0 Å².